The minimum atomic E-state index is -0.0146. The molecule has 0 aliphatic carbocycles. The van der Waals surface area contributed by atoms with Crippen molar-refractivity contribution < 1.29 is 9.53 Å². The minimum absolute atomic E-state index is 0.0146. The van der Waals surface area contributed by atoms with Gasteiger partial charge in [-0.05, 0) is 19.3 Å². The molecule has 1 aliphatic heterocycles. The highest BCUT2D eigenvalue weighted by atomic mass is 16.5. The van der Waals surface area contributed by atoms with E-state index in [0.717, 1.165) is 37.1 Å². The van der Waals surface area contributed by atoms with Crippen LogP contribution in [-0.2, 0) is 9.53 Å². The Kier molecular flexibility index (Phi) is 5.02. The van der Waals surface area contributed by atoms with Crippen molar-refractivity contribution in [2.75, 3.05) is 38.3 Å². The molecule has 0 bridgehead atoms. The second-order valence-corrected chi connectivity index (χ2v) is 5.72. The van der Waals surface area contributed by atoms with Gasteiger partial charge in [0.1, 0.15) is 11.8 Å². The van der Waals surface area contributed by atoms with Gasteiger partial charge in [-0.15, -0.1) is 0 Å². The van der Waals surface area contributed by atoms with E-state index in [4.69, 9.17) is 4.74 Å². The van der Waals surface area contributed by atoms with Crippen LogP contribution in [0.5, 0.6) is 0 Å². The predicted molar refractivity (Wildman–Crippen MR) is 86.1 cm³/mol. The van der Waals surface area contributed by atoms with Crippen molar-refractivity contribution in [3.63, 3.8) is 0 Å². The van der Waals surface area contributed by atoms with Crippen LogP contribution >= 0.6 is 0 Å². The number of nitrogens with zero attached hydrogens (tertiary/aromatic N) is 4. The van der Waals surface area contributed by atoms with E-state index >= 15 is 0 Å². The van der Waals surface area contributed by atoms with E-state index in [1.165, 1.54) is 6.33 Å². The number of carbonyl (C=O) groups excluding carboxylic acids is 1. The van der Waals surface area contributed by atoms with E-state index in [0.29, 0.717) is 25.3 Å². The van der Waals surface area contributed by atoms with E-state index in [-0.39, 0.29) is 11.8 Å². The van der Waals surface area contributed by atoms with Crippen LogP contribution in [0.25, 0.3) is 11.2 Å². The highest BCUT2D eigenvalue weighted by molar-refractivity contribution is 5.84. The maximum atomic E-state index is 12.3. The maximum absolute atomic E-state index is 12.3. The SMILES string of the molecule is COCCCNC(=O)[C@H]1CCCN(c2ncnc3nc[nH]c23)C1. The number of anilines is 1. The topological polar surface area (TPSA) is 96.0 Å². The zero-order valence-corrected chi connectivity index (χ0v) is 13.3. The number of carbonyl (C=O) groups is 1. The molecule has 2 aromatic heterocycles. The highest BCUT2D eigenvalue weighted by Crippen LogP contribution is 2.25. The summed E-state index contributed by atoms with van der Waals surface area (Å²) >= 11 is 0. The van der Waals surface area contributed by atoms with Crippen molar-refractivity contribution in [2.45, 2.75) is 19.3 Å². The van der Waals surface area contributed by atoms with E-state index in [9.17, 15) is 4.79 Å². The number of ether oxygens (including phenoxy) is 1. The summed E-state index contributed by atoms with van der Waals surface area (Å²) in [6.07, 6.45) is 5.85. The summed E-state index contributed by atoms with van der Waals surface area (Å²) in [5, 5.41) is 2.99. The number of aromatic nitrogens is 4. The number of imidazole rings is 1. The standard InChI is InChI=1S/C15H22N6O2/c1-23-7-3-5-16-15(22)11-4-2-6-21(8-11)14-12-13(18-9-17-12)19-10-20-14/h9-11H,2-8H2,1H3,(H,16,22)(H,17,18,19,20)/t11-/m0/s1. The first-order valence-electron chi connectivity index (χ1n) is 7.95. The normalized spacial score (nSPS) is 18.3. The molecule has 1 aliphatic rings. The van der Waals surface area contributed by atoms with Gasteiger partial charge < -0.3 is 19.9 Å². The molecular formula is C15H22N6O2. The lowest BCUT2D eigenvalue weighted by Crippen LogP contribution is -2.43. The Hall–Kier alpha value is -2.22. The fourth-order valence-electron chi connectivity index (χ4n) is 2.95. The molecule has 1 fully saturated rings. The van der Waals surface area contributed by atoms with Gasteiger partial charge in [0.15, 0.2) is 11.5 Å². The first-order valence-corrected chi connectivity index (χ1v) is 7.95. The van der Waals surface area contributed by atoms with E-state index in [2.05, 4.69) is 30.2 Å². The van der Waals surface area contributed by atoms with Crippen LogP contribution in [0.3, 0.4) is 0 Å². The molecule has 0 radical (unpaired) electrons. The van der Waals surface area contributed by atoms with Crippen molar-refractivity contribution >= 4 is 22.9 Å². The summed E-state index contributed by atoms with van der Waals surface area (Å²) in [6, 6.07) is 0. The number of hydrogen-bond donors (Lipinski definition) is 2. The minimum Gasteiger partial charge on any atom is -0.385 e. The Morgan fingerprint density at radius 2 is 2.39 bits per heavy atom. The third-order valence-electron chi connectivity index (χ3n) is 4.12. The molecule has 0 aromatic carbocycles. The van der Waals surface area contributed by atoms with Gasteiger partial charge >= 0.3 is 0 Å². The number of piperidine rings is 1. The largest absolute Gasteiger partial charge is 0.385 e. The molecule has 3 heterocycles. The van der Waals surface area contributed by atoms with Gasteiger partial charge in [0, 0.05) is 33.4 Å². The summed E-state index contributed by atoms with van der Waals surface area (Å²) in [4.78, 5) is 30.2. The van der Waals surface area contributed by atoms with E-state index < -0.39 is 0 Å². The van der Waals surface area contributed by atoms with Crippen molar-refractivity contribution in [1.29, 1.82) is 0 Å². The molecule has 0 spiro atoms. The fourth-order valence-corrected chi connectivity index (χ4v) is 2.95. The van der Waals surface area contributed by atoms with Crippen molar-refractivity contribution in [1.82, 2.24) is 25.3 Å². The first-order chi connectivity index (χ1) is 11.3. The fraction of sp³-hybridized carbons (Fsp3) is 0.600. The number of hydrogen-bond acceptors (Lipinski definition) is 6. The summed E-state index contributed by atoms with van der Waals surface area (Å²) in [7, 11) is 1.67. The molecule has 124 valence electrons. The number of aromatic amines is 1. The average Bonchev–Trinajstić information content (AvgIpc) is 3.07. The summed E-state index contributed by atoms with van der Waals surface area (Å²) in [5.41, 5.74) is 1.48. The van der Waals surface area contributed by atoms with Crippen molar-refractivity contribution in [3.05, 3.63) is 12.7 Å². The summed E-state index contributed by atoms with van der Waals surface area (Å²) < 4.78 is 4.99. The summed E-state index contributed by atoms with van der Waals surface area (Å²) in [5.74, 6) is 0.921. The van der Waals surface area contributed by atoms with Crippen LogP contribution in [0.15, 0.2) is 12.7 Å². The molecule has 1 saturated heterocycles. The van der Waals surface area contributed by atoms with Crippen LogP contribution in [0.1, 0.15) is 19.3 Å². The lowest BCUT2D eigenvalue weighted by atomic mass is 9.97. The maximum Gasteiger partial charge on any atom is 0.224 e. The lowest BCUT2D eigenvalue weighted by Gasteiger charge is -2.32. The van der Waals surface area contributed by atoms with Gasteiger partial charge in [0.2, 0.25) is 5.91 Å². The molecule has 3 rings (SSSR count). The Labute approximate surface area is 134 Å². The van der Waals surface area contributed by atoms with Crippen molar-refractivity contribution in [3.8, 4) is 0 Å². The second kappa shape index (κ2) is 7.36. The number of H-pyrrole nitrogens is 1. The van der Waals surface area contributed by atoms with Crippen LogP contribution in [0.2, 0.25) is 0 Å². The average molecular weight is 318 g/mol. The smallest absolute Gasteiger partial charge is 0.224 e. The molecule has 1 atom stereocenters. The van der Waals surface area contributed by atoms with E-state index in [1.807, 2.05) is 0 Å². The zero-order valence-electron chi connectivity index (χ0n) is 13.3. The molecule has 0 saturated carbocycles. The van der Waals surface area contributed by atoms with Crippen LogP contribution < -0.4 is 10.2 Å². The molecule has 0 unspecified atom stereocenters. The van der Waals surface area contributed by atoms with Crippen LogP contribution in [0.4, 0.5) is 5.82 Å². The third kappa shape index (κ3) is 3.58. The number of fused-ring (bicyclic) bond motifs is 1. The molecule has 2 N–H and O–H groups in total. The Morgan fingerprint density at radius 1 is 1.48 bits per heavy atom. The number of rotatable bonds is 6. The number of amides is 1. The van der Waals surface area contributed by atoms with Gasteiger partial charge in [0.25, 0.3) is 0 Å². The van der Waals surface area contributed by atoms with Gasteiger partial charge in [-0.3, -0.25) is 4.79 Å². The number of nitrogens with one attached hydrogen (secondary N) is 2. The van der Waals surface area contributed by atoms with Crippen LogP contribution in [-0.4, -0.2) is 59.2 Å². The van der Waals surface area contributed by atoms with Gasteiger partial charge in [-0.25, -0.2) is 15.0 Å². The zero-order chi connectivity index (χ0) is 16.1. The number of methoxy groups -OCH3 is 1. The van der Waals surface area contributed by atoms with Gasteiger partial charge in [-0.1, -0.05) is 0 Å². The lowest BCUT2D eigenvalue weighted by molar-refractivity contribution is -0.125. The molecular weight excluding hydrogens is 296 g/mol. The second-order valence-electron chi connectivity index (χ2n) is 5.72. The predicted octanol–water partition coefficient (Wildman–Crippen LogP) is 0.722. The molecule has 23 heavy (non-hydrogen) atoms. The molecule has 1 amide bonds. The molecule has 2 aromatic rings. The Morgan fingerprint density at radius 3 is 3.26 bits per heavy atom. The first kappa shape index (κ1) is 15.7. The highest BCUT2D eigenvalue weighted by Gasteiger charge is 2.27. The monoisotopic (exact) mass is 318 g/mol. The van der Waals surface area contributed by atoms with Crippen molar-refractivity contribution in [2.24, 2.45) is 5.92 Å². The third-order valence-corrected chi connectivity index (χ3v) is 4.12. The van der Waals surface area contributed by atoms with Gasteiger partial charge in [0.05, 0.1) is 12.2 Å². The van der Waals surface area contributed by atoms with Crippen LogP contribution in [0, 0.1) is 5.92 Å². The molecule has 8 heteroatoms. The quantitative estimate of drug-likeness (QED) is 0.762. The Bertz CT molecular complexity index is 658. The van der Waals surface area contributed by atoms with E-state index in [1.54, 1.807) is 13.4 Å². The molecule has 8 nitrogen and oxygen atoms in total. The van der Waals surface area contributed by atoms with Gasteiger partial charge in [-0.2, -0.15) is 0 Å². The summed E-state index contributed by atoms with van der Waals surface area (Å²) in [6.45, 7) is 2.87. The Balaban J connectivity index is 1.64.